The molecule has 1 saturated heterocycles. The standard InChI is InChI=1S/C13H18N2O3S/c14-13-4-2-10-1-3-11(9-12(10)13)19(16,17)15-5-7-18-8-6-15/h1,3,9,13H,2,4-8,14H2. The molecule has 2 N–H and O–H groups in total. The summed E-state index contributed by atoms with van der Waals surface area (Å²) in [6.45, 7) is 1.77. The first-order chi connectivity index (χ1) is 9.09. The fourth-order valence-electron chi connectivity index (χ4n) is 2.71. The highest BCUT2D eigenvalue weighted by Gasteiger charge is 2.28. The SMILES string of the molecule is NC1CCc2ccc(S(=O)(=O)N3CCOCC3)cc21. The number of hydrogen-bond donors (Lipinski definition) is 1. The van der Waals surface area contributed by atoms with Crippen LogP contribution in [-0.4, -0.2) is 39.0 Å². The van der Waals surface area contributed by atoms with E-state index in [9.17, 15) is 8.42 Å². The Kier molecular flexibility index (Phi) is 3.34. The molecule has 0 amide bonds. The molecule has 0 saturated carbocycles. The van der Waals surface area contributed by atoms with Crippen LogP contribution in [0.1, 0.15) is 23.6 Å². The van der Waals surface area contributed by atoms with Gasteiger partial charge in [0.25, 0.3) is 0 Å². The Morgan fingerprint density at radius 3 is 2.74 bits per heavy atom. The molecule has 0 bridgehead atoms. The van der Waals surface area contributed by atoms with E-state index in [-0.39, 0.29) is 6.04 Å². The molecule has 6 heteroatoms. The lowest BCUT2D eigenvalue weighted by atomic mass is 10.1. The van der Waals surface area contributed by atoms with E-state index in [0.717, 1.165) is 18.4 Å². The molecular weight excluding hydrogens is 264 g/mol. The van der Waals surface area contributed by atoms with Crippen LogP contribution >= 0.6 is 0 Å². The second kappa shape index (κ2) is 4.86. The maximum absolute atomic E-state index is 12.5. The molecule has 19 heavy (non-hydrogen) atoms. The van der Waals surface area contributed by atoms with Crippen LogP contribution in [0.3, 0.4) is 0 Å². The number of morpholine rings is 1. The Bertz CT molecular complexity index is 580. The fraction of sp³-hybridized carbons (Fsp3) is 0.538. The van der Waals surface area contributed by atoms with E-state index in [4.69, 9.17) is 10.5 Å². The zero-order valence-electron chi connectivity index (χ0n) is 10.7. The van der Waals surface area contributed by atoms with Gasteiger partial charge in [0, 0.05) is 19.1 Å². The lowest BCUT2D eigenvalue weighted by molar-refractivity contribution is 0.0730. The van der Waals surface area contributed by atoms with Crippen molar-refractivity contribution >= 4 is 10.0 Å². The second-order valence-electron chi connectivity index (χ2n) is 5.02. The fourth-order valence-corrected chi connectivity index (χ4v) is 4.15. The van der Waals surface area contributed by atoms with Crippen LogP contribution in [0.4, 0.5) is 0 Å². The molecule has 1 atom stereocenters. The van der Waals surface area contributed by atoms with E-state index < -0.39 is 10.0 Å². The maximum atomic E-state index is 12.5. The highest BCUT2D eigenvalue weighted by molar-refractivity contribution is 7.89. The van der Waals surface area contributed by atoms with Gasteiger partial charge < -0.3 is 10.5 Å². The first-order valence-corrected chi connectivity index (χ1v) is 7.99. The second-order valence-corrected chi connectivity index (χ2v) is 6.96. The molecule has 1 unspecified atom stereocenters. The predicted molar refractivity (Wildman–Crippen MR) is 71.3 cm³/mol. The van der Waals surface area contributed by atoms with Gasteiger partial charge in [-0.3, -0.25) is 0 Å². The van der Waals surface area contributed by atoms with Gasteiger partial charge in [-0.2, -0.15) is 4.31 Å². The summed E-state index contributed by atoms with van der Waals surface area (Å²) in [6, 6.07) is 5.31. The van der Waals surface area contributed by atoms with Crippen molar-refractivity contribution in [3.63, 3.8) is 0 Å². The predicted octanol–water partition coefficient (Wildman–Crippen LogP) is 0.653. The lowest BCUT2D eigenvalue weighted by Crippen LogP contribution is -2.40. The Balaban J connectivity index is 1.95. The summed E-state index contributed by atoms with van der Waals surface area (Å²) >= 11 is 0. The average Bonchev–Trinajstić information content (AvgIpc) is 2.81. The van der Waals surface area contributed by atoms with Gasteiger partial charge in [-0.25, -0.2) is 8.42 Å². The highest BCUT2D eigenvalue weighted by Crippen LogP contribution is 2.31. The van der Waals surface area contributed by atoms with Gasteiger partial charge >= 0.3 is 0 Å². The average molecular weight is 282 g/mol. The Morgan fingerprint density at radius 2 is 2.00 bits per heavy atom. The van der Waals surface area contributed by atoms with E-state index in [1.807, 2.05) is 6.07 Å². The number of hydrogen-bond acceptors (Lipinski definition) is 4. The summed E-state index contributed by atoms with van der Waals surface area (Å²) in [5.41, 5.74) is 8.16. The molecule has 0 aromatic heterocycles. The minimum Gasteiger partial charge on any atom is -0.379 e. The Morgan fingerprint density at radius 1 is 1.26 bits per heavy atom. The van der Waals surface area contributed by atoms with E-state index in [0.29, 0.717) is 31.2 Å². The molecule has 1 fully saturated rings. The smallest absolute Gasteiger partial charge is 0.243 e. The van der Waals surface area contributed by atoms with E-state index in [1.54, 1.807) is 12.1 Å². The van der Waals surface area contributed by atoms with Crippen LogP contribution in [0.5, 0.6) is 0 Å². The number of nitrogens with zero attached hydrogens (tertiary/aromatic N) is 1. The first-order valence-electron chi connectivity index (χ1n) is 6.55. The van der Waals surface area contributed by atoms with Crippen molar-refractivity contribution in [2.75, 3.05) is 26.3 Å². The van der Waals surface area contributed by atoms with Crippen LogP contribution < -0.4 is 5.73 Å². The van der Waals surface area contributed by atoms with Crippen molar-refractivity contribution in [3.8, 4) is 0 Å². The molecule has 2 aliphatic rings. The van der Waals surface area contributed by atoms with Gasteiger partial charge in [-0.15, -0.1) is 0 Å². The lowest BCUT2D eigenvalue weighted by Gasteiger charge is -2.26. The third-order valence-electron chi connectivity index (χ3n) is 3.85. The first kappa shape index (κ1) is 13.1. The van der Waals surface area contributed by atoms with Gasteiger partial charge in [0.15, 0.2) is 0 Å². The van der Waals surface area contributed by atoms with E-state index >= 15 is 0 Å². The summed E-state index contributed by atoms with van der Waals surface area (Å²) in [5, 5.41) is 0. The number of benzene rings is 1. The molecule has 5 nitrogen and oxygen atoms in total. The van der Waals surface area contributed by atoms with Gasteiger partial charge in [0.05, 0.1) is 18.1 Å². The minimum absolute atomic E-state index is 0.0326. The third kappa shape index (κ3) is 2.29. The number of ether oxygens (including phenoxy) is 1. The van der Waals surface area contributed by atoms with Crippen LogP contribution in [0.2, 0.25) is 0 Å². The van der Waals surface area contributed by atoms with E-state index in [2.05, 4.69) is 0 Å². The monoisotopic (exact) mass is 282 g/mol. The van der Waals surface area contributed by atoms with Gasteiger partial charge in [0.1, 0.15) is 0 Å². The van der Waals surface area contributed by atoms with Gasteiger partial charge in [-0.05, 0) is 36.1 Å². The van der Waals surface area contributed by atoms with Crippen molar-refractivity contribution in [3.05, 3.63) is 29.3 Å². The number of aryl methyl sites for hydroxylation is 1. The summed E-state index contributed by atoms with van der Waals surface area (Å²) in [6.07, 6.45) is 1.84. The summed E-state index contributed by atoms with van der Waals surface area (Å²) in [7, 11) is -3.41. The zero-order valence-corrected chi connectivity index (χ0v) is 11.5. The quantitative estimate of drug-likeness (QED) is 0.864. The molecule has 1 aromatic rings. The summed E-state index contributed by atoms with van der Waals surface area (Å²) < 4.78 is 31.7. The van der Waals surface area contributed by atoms with Gasteiger partial charge in [0.2, 0.25) is 10.0 Å². The molecule has 1 heterocycles. The molecule has 3 rings (SSSR count). The van der Waals surface area contributed by atoms with Crippen LogP contribution in [0.25, 0.3) is 0 Å². The van der Waals surface area contributed by atoms with Crippen molar-refractivity contribution in [2.45, 2.75) is 23.8 Å². The maximum Gasteiger partial charge on any atom is 0.243 e. The normalized spacial score (nSPS) is 24.4. The molecule has 1 aliphatic carbocycles. The molecular formula is C13H18N2O3S. The molecule has 104 valence electrons. The van der Waals surface area contributed by atoms with Crippen molar-refractivity contribution in [1.29, 1.82) is 0 Å². The topological polar surface area (TPSA) is 72.6 Å². The zero-order chi connectivity index (χ0) is 13.5. The largest absolute Gasteiger partial charge is 0.379 e. The minimum atomic E-state index is -3.41. The Hall–Kier alpha value is -0.950. The van der Waals surface area contributed by atoms with Crippen molar-refractivity contribution in [1.82, 2.24) is 4.31 Å². The molecule has 0 spiro atoms. The Labute approximate surface area is 113 Å². The molecule has 0 radical (unpaired) electrons. The van der Waals surface area contributed by atoms with Crippen molar-refractivity contribution in [2.24, 2.45) is 5.73 Å². The number of fused-ring (bicyclic) bond motifs is 1. The van der Waals surface area contributed by atoms with E-state index in [1.165, 1.54) is 9.87 Å². The van der Waals surface area contributed by atoms with Gasteiger partial charge in [-0.1, -0.05) is 6.07 Å². The van der Waals surface area contributed by atoms with Crippen molar-refractivity contribution < 1.29 is 13.2 Å². The molecule has 1 aromatic carbocycles. The van der Waals surface area contributed by atoms with Crippen LogP contribution in [0.15, 0.2) is 23.1 Å². The molecule has 1 aliphatic heterocycles. The summed E-state index contributed by atoms with van der Waals surface area (Å²) in [5.74, 6) is 0. The van der Waals surface area contributed by atoms with Crippen LogP contribution in [-0.2, 0) is 21.2 Å². The third-order valence-corrected chi connectivity index (χ3v) is 5.74. The van der Waals surface area contributed by atoms with Crippen LogP contribution in [0, 0.1) is 0 Å². The highest BCUT2D eigenvalue weighted by atomic mass is 32.2. The number of rotatable bonds is 2. The number of nitrogens with two attached hydrogens (primary N) is 1. The number of sulfonamides is 1. The summed E-state index contributed by atoms with van der Waals surface area (Å²) in [4.78, 5) is 0.352.